The van der Waals surface area contributed by atoms with E-state index in [1.165, 1.54) is 32.1 Å². The summed E-state index contributed by atoms with van der Waals surface area (Å²) in [6.07, 6.45) is 7.02. The van der Waals surface area contributed by atoms with Crippen molar-refractivity contribution in [2.24, 2.45) is 11.8 Å². The van der Waals surface area contributed by atoms with Gasteiger partial charge in [0.1, 0.15) is 0 Å². The number of hydrogen-bond donors (Lipinski definition) is 0. The molecule has 0 aliphatic heterocycles. The van der Waals surface area contributed by atoms with E-state index in [0.717, 1.165) is 11.8 Å². The number of unbranched alkanes of at least 4 members (excludes halogenated alkanes) is 2. The fourth-order valence-corrected chi connectivity index (χ4v) is 1.67. The molecule has 0 aromatic heterocycles. The molecular formula is C12H28. The van der Waals surface area contributed by atoms with Crippen molar-refractivity contribution in [1.29, 1.82) is 0 Å². The van der Waals surface area contributed by atoms with Crippen LogP contribution in [0.3, 0.4) is 0 Å². The van der Waals surface area contributed by atoms with Gasteiger partial charge in [-0.2, -0.15) is 0 Å². The lowest BCUT2D eigenvalue weighted by molar-refractivity contribution is 0.337. The summed E-state index contributed by atoms with van der Waals surface area (Å²) in [5.41, 5.74) is 0. The van der Waals surface area contributed by atoms with E-state index in [1.807, 2.05) is 0 Å². The summed E-state index contributed by atoms with van der Waals surface area (Å²) in [5, 5.41) is 0. The lowest BCUT2D eigenvalue weighted by atomic mass is 9.88. The minimum absolute atomic E-state index is 0. The van der Waals surface area contributed by atoms with Crippen LogP contribution in [0.25, 0.3) is 0 Å². The van der Waals surface area contributed by atoms with E-state index in [-0.39, 0.29) is 7.43 Å². The summed E-state index contributed by atoms with van der Waals surface area (Å²) in [7, 11) is 0. The normalized spacial score (nSPS) is 12.8. The van der Waals surface area contributed by atoms with Gasteiger partial charge < -0.3 is 0 Å². The van der Waals surface area contributed by atoms with Crippen LogP contribution in [0.5, 0.6) is 0 Å². The molecule has 76 valence electrons. The van der Waals surface area contributed by atoms with Crippen LogP contribution in [-0.2, 0) is 0 Å². The standard InChI is InChI=1S/C11H24.CH4/c1-5-7-8-9-11(6-2)10(3)4;/h10-11H,5-9H2,1-4H3;1H4. The van der Waals surface area contributed by atoms with Crippen molar-refractivity contribution in [2.75, 3.05) is 0 Å². The minimum atomic E-state index is 0. The molecule has 0 spiro atoms. The molecule has 1 unspecified atom stereocenters. The van der Waals surface area contributed by atoms with Gasteiger partial charge in [0, 0.05) is 0 Å². The first kappa shape index (κ1) is 14.5. The van der Waals surface area contributed by atoms with Gasteiger partial charge in [0.15, 0.2) is 0 Å². The van der Waals surface area contributed by atoms with Gasteiger partial charge >= 0.3 is 0 Å². The second kappa shape index (κ2) is 9.09. The zero-order valence-electron chi connectivity index (χ0n) is 8.69. The highest BCUT2D eigenvalue weighted by atomic mass is 14.1. The molecule has 0 heteroatoms. The Balaban J connectivity index is 0. The van der Waals surface area contributed by atoms with E-state index in [1.54, 1.807) is 0 Å². The van der Waals surface area contributed by atoms with Gasteiger partial charge in [-0.3, -0.25) is 0 Å². The topological polar surface area (TPSA) is 0 Å². The first-order chi connectivity index (χ1) is 5.22. The number of hydrogen-bond acceptors (Lipinski definition) is 0. The molecule has 0 nitrogen and oxygen atoms in total. The van der Waals surface area contributed by atoms with Crippen LogP contribution in [0, 0.1) is 11.8 Å². The largest absolute Gasteiger partial charge is 0.0776 e. The van der Waals surface area contributed by atoms with E-state index in [2.05, 4.69) is 27.7 Å². The van der Waals surface area contributed by atoms with Gasteiger partial charge in [-0.25, -0.2) is 0 Å². The molecule has 0 N–H and O–H groups in total. The smallest absolute Gasteiger partial charge is 0.0394 e. The SMILES string of the molecule is C.CCCCCC(CC)C(C)C. The average molecular weight is 172 g/mol. The molecule has 0 bridgehead atoms. The summed E-state index contributed by atoms with van der Waals surface area (Å²) in [5.74, 6) is 1.86. The van der Waals surface area contributed by atoms with Gasteiger partial charge in [-0.05, 0) is 11.8 Å². The predicted octanol–water partition coefficient (Wildman–Crippen LogP) is 4.89. The summed E-state index contributed by atoms with van der Waals surface area (Å²) >= 11 is 0. The van der Waals surface area contributed by atoms with Crippen LogP contribution >= 0.6 is 0 Å². The monoisotopic (exact) mass is 172 g/mol. The third kappa shape index (κ3) is 6.69. The fraction of sp³-hybridized carbons (Fsp3) is 1.00. The molecule has 0 rings (SSSR count). The predicted molar refractivity (Wildman–Crippen MR) is 59.5 cm³/mol. The molecule has 0 radical (unpaired) electrons. The zero-order valence-corrected chi connectivity index (χ0v) is 8.69. The van der Waals surface area contributed by atoms with Crippen LogP contribution in [0.4, 0.5) is 0 Å². The number of rotatable bonds is 6. The lowest BCUT2D eigenvalue weighted by Gasteiger charge is -2.18. The van der Waals surface area contributed by atoms with E-state index in [9.17, 15) is 0 Å². The Morgan fingerprint density at radius 2 is 1.58 bits per heavy atom. The maximum Gasteiger partial charge on any atom is -0.0394 e. The Labute approximate surface area is 79.8 Å². The Hall–Kier alpha value is 0. The second-order valence-electron chi connectivity index (χ2n) is 3.91. The van der Waals surface area contributed by atoms with Crippen LogP contribution in [0.15, 0.2) is 0 Å². The summed E-state index contributed by atoms with van der Waals surface area (Å²) < 4.78 is 0. The molecule has 0 fully saturated rings. The second-order valence-corrected chi connectivity index (χ2v) is 3.91. The van der Waals surface area contributed by atoms with Crippen molar-refractivity contribution >= 4 is 0 Å². The first-order valence-corrected chi connectivity index (χ1v) is 5.22. The van der Waals surface area contributed by atoms with Crippen molar-refractivity contribution in [3.05, 3.63) is 0 Å². The van der Waals surface area contributed by atoms with Gasteiger partial charge in [0.05, 0.1) is 0 Å². The molecule has 0 aliphatic carbocycles. The Kier molecular flexibility index (Phi) is 11.0. The third-order valence-electron chi connectivity index (χ3n) is 2.65. The van der Waals surface area contributed by atoms with Crippen molar-refractivity contribution in [3.63, 3.8) is 0 Å². The Morgan fingerprint density at radius 1 is 1.00 bits per heavy atom. The summed E-state index contributed by atoms with van der Waals surface area (Å²) in [4.78, 5) is 0. The van der Waals surface area contributed by atoms with Crippen molar-refractivity contribution in [1.82, 2.24) is 0 Å². The summed E-state index contributed by atoms with van der Waals surface area (Å²) in [6.45, 7) is 9.28. The highest BCUT2D eigenvalue weighted by Crippen LogP contribution is 2.21. The third-order valence-corrected chi connectivity index (χ3v) is 2.65. The molecule has 0 saturated heterocycles. The van der Waals surface area contributed by atoms with Crippen LogP contribution < -0.4 is 0 Å². The highest BCUT2D eigenvalue weighted by Gasteiger charge is 2.09. The molecule has 0 saturated carbocycles. The Bertz CT molecular complexity index is 74.1. The molecular weight excluding hydrogens is 144 g/mol. The molecule has 0 aromatic carbocycles. The fourth-order valence-electron chi connectivity index (χ4n) is 1.67. The summed E-state index contributed by atoms with van der Waals surface area (Å²) in [6, 6.07) is 0. The van der Waals surface area contributed by atoms with Crippen LogP contribution in [0.2, 0.25) is 0 Å². The van der Waals surface area contributed by atoms with Crippen molar-refractivity contribution in [2.45, 2.75) is 67.2 Å². The minimum Gasteiger partial charge on any atom is -0.0776 e. The van der Waals surface area contributed by atoms with E-state index in [0.29, 0.717) is 0 Å². The van der Waals surface area contributed by atoms with Crippen LogP contribution in [0.1, 0.15) is 67.2 Å². The van der Waals surface area contributed by atoms with Crippen LogP contribution in [-0.4, -0.2) is 0 Å². The van der Waals surface area contributed by atoms with Gasteiger partial charge in [-0.15, -0.1) is 0 Å². The van der Waals surface area contributed by atoms with E-state index in [4.69, 9.17) is 0 Å². The van der Waals surface area contributed by atoms with Gasteiger partial charge in [0.2, 0.25) is 0 Å². The Morgan fingerprint density at radius 3 is 1.92 bits per heavy atom. The average Bonchev–Trinajstić information content (AvgIpc) is 1.97. The maximum absolute atomic E-state index is 2.35. The molecule has 0 amide bonds. The zero-order chi connectivity index (χ0) is 8.69. The lowest BCUT2D eigenvalue weighted by Crippen LogP contribution is -2.06. The van der Waals surface area contributed by atoms with E-state index >= 15 is 0 Å². The molecule has 0 heterocycles. The highest BCUT2D eigenvalue weighted by molar-refractivity contribution is 4.60. The quantitative estimate of drug-likeness (QED) is 0.501. The molecule has 0 aliphatic rings. The molecule has 1 atom stereocenters. The first-order valence-electron chi connectivity index (χ1n) is 5.22. The maximum atomic E-state index is 2.35. The molecule has 0 aromatic rings. The van der Waals surface area contributed by atoms with Gasteiger partial charge in [0.25, 0.3) is 0 Å². The molecule has 12 heavy (non-hydrogen) atoms. The van der Waals surface area contributed by atoms with Gasteiger partial charge in [-0.1, -0.05) is 67.2 Å². The van der Waals surface area contributed by atoms with E-state index < -0.39 is 0 Å². The van der Waals surface area contributed by atoms with Crippen molar-refractivity contribution in [3.8, 4) is 0 Å². The van der Waals surface area contributed by atoms with Crippen molar-refractivity contribution < 1.29 is 0 Å².